The molecule has 0 fully saturated rings. The van der Waals surface area contributed by atoms with E-state index < -0.39 is 0 Å². The first-order valence-electron chi connectivity index (χ1n) is 4.92. The molecule has 0 amide bonds. The van der Waals surface area contributed by atoms with Gasteiger partial charge in [0.2, 0.25) is 0 Å². The molecule has 0 aliphatic rings. The number of fused-ring (bicyclic) bond motifs is 1. The topological polar surface area (TPSA) is 56.2 Å². The van der Waals surface area contributed by atoms with Gasteiger partial charge >= 0.3 is 0 Å². The lowest BCUT2D eigenvalue weighted by molar-refractivity contribution is 0.639. The van der Waals surface area contributed by atoms with Crippen LogP contribution >= 0.6 is 15.9 Å². The van der Waals surface area contributed by atoms with Crippen LogP contribution in [0.4, 0.5) is 0 Å². The maximum Gasteiger partial charge on any atom is 0.160 e. The maximum atomic E-state index is 5.54. The normalized spacial score (nSPS) is 13.3. The lowest BCUT2D eigenvalue weighted by Gasteiger charge is -2.07. The third-order valence-corrected chi connectivity index (χ3v) is 2.90. The number of nitrogens with two attached hydrogens (primary N) is 1. The average molecular weight is 269 g/mol. The molecule has 0 radical (unpaired) electrons. The highest BCUT2D eigenvalue weighted by Gasteiger charge is 2.12. The fraction of sp³-hybridized carbons (Fsp3) is 0.400. The van der Waals surface area contributed by atoms with Crippen LogP contribution in [-0.4, -0.2) is 21.1 Å². The molecule has 0 saturated carbocycles. The number of halogens is 1. The third kappa shape index (κ3) is 2.03. The summed E-state index contributed by atoms with van der Waals surface area (Å²) in [5, 5.41) is 8.31. The summed E-state index contributed by atoms with van der Waals surface area (Å²) in [6.07, 6.45) is 2.91. The van der Waals surface area contributed by atoms with Crippen molar-refractivity contribution in [3.05, 3.63) is 28.6 Å². The first kappa shape index (κ1) is 10.6. The van der Waals surface area contributed by atoms with Crippen molar-refractivity contribution in [2.45, 2.75) is 19.3 Å². The van der Waals surface area contributed by atoms with E-state index in [1.807, 2.05) is 22.7 Å². The molecular formula is C10H13BrN4. The largest absolute Gasteiger partial charge is 0.330 e. The lowest BCUT2D eigenvalue weighted by atomic mass is 10.1. The van der Waals surface area contributed by atoms with E-state index in [2.05, 4.69) is 33.1 Å². The van der Waals surface area contributed by atoms with Gasteiger partial charge in [0.1, 0.15) is 5.82 Å². The lowest BCUT2D eigenvalue weighted by Crippen LogP contribution is -2.07. The van der Waals surface area contributed by atoms with Crippen LogP contribution in [0.15, 0.2) is 22.8 Å². The van der Waals surface area contributed by atoms with Gasteiger partial charge in [0.05, 0.1) is 0 Å². The highest BCUT2D eigenvalue weighted by Crippen LogP contribution is 2.19. The molecule has 2 heterocycles. The van der Waals surface area contributed by atoms with Crippen molar-refractivity contribution in [2.24, 2.45) is 5.73 Å². The van der Waals surface area contributed by atoms with Crippen molar-refractivity contribution in [3.8, 4) is 0 Å². The van der Waals surface area contributed by atoms with Gasteiger partial charge in [-0.05, 0) is 41.0 Å². The van der Waals surface area contributed by atoms with Crippen molar-refractivity contribution < 1.29 is 0 Å². The summed E-state index contributed by atoms with van der Waals surface area (Å²) >= 11 is 3.44. The molecule has 2 aromatic rings. The van der Waals surface area contributed by atoms with Crippen LogP contribution < -0.4 is 5.73 Å². The quantitative estimate of drug-likeness (QED) is 0.926. The zero-order valence-corrected chi connectivity index (χ0v) is 10.1. The summed E-state index contributed by atoms with van der Waals surface area (Å²) in [6.45, 7) is 2.79. The number of hydrogen-bond acceptors (Lipinski definition) is 3. The Morgan fingerprint density at radius 1 is 1.47 bits per heavy atom. The van der Waals surface area contributed by atoms with Crippen LogP contribution in [0.25, 0.3) is 5.65 Å². The van der Waals surface area contributed by atoms with E-state index in [0.29, 0.717) is 12.5 Å². The molecule has 4 nitrogen and oxygen atoms in total. The molecule has 0 spiro atoms. The molecule has 2 rings (SSSR count). The van der Waals surface area contributed by atoms with Gasteiger partial charge in [-0.15, -0.1) is 10.2 Å². The number of pyridine rings is 1. The molecular weight excluding hydrogens is 256 g/mol. The number of aromatic nitrogens is 3. The minimum absolute atomic E-state index is 0.333. The number of nitrogens with zero attached hydrogens (tertiary/aromatic N) is 3. The number of rotatable bonds is 3. The maximum absolute atomic E-state index is 5.54. The van der Waals surface area contributed by atoms with Gasteiger partial charge in [0, 0.05) is 16.6 Å². The summed E-state index contributed by atoms with van der Waals surface area (Å²) in [5.74, 6) is 1.30. The van der Waals surface area contributed by atoms with Crippen LogP contribution in [-0.2, 0) is 0 Å². The summed E-state index contributed by atoms with van der Waals surface area (Å²) < 4.78 is 3.03. The van der Waals surface area contributed by atoms with Crippen molar-refractivity contribution in [1.29, 1.82) is 0 Å². The summed E-state index contributed by atoms with van der Waals surface area (Å²) in [5.41, 5.74) is 6.42. The molecule has 15 heavy (non-hydrogen) atoms. The third-order valence-electron chi connectivity index (χ3n) is 2.43. The molecule has 2 N–H and O–H groups in total. The smallest absolute Gasteiger partial charge is 0.160 e. The monoisotopic (exact) mass is 268 g/mol. The fourth-order valence-corrected chi connectivity index (χ4v) is 1.93. The van der Waals surface area contributed by atoms with E-state index >= 15 is 0 Å². The second-order valence-electron chi connectivity index (χ2n) is 3.61. The van der Waals surface area contributed by atoms with E-state index in [9.17, 15) is 0 Å². The van der Waals surface area contributed by atoms with Crippen molar-refractivity contribution in [2.75, 3.05) is 6.54 Å². The van der Waals surface area contributed by atoms with Crippen molar-refractivity contribution in [1.82, 2.24) is 14.6 Å². The molecule has 0 aliphatic heterocycles. The Balaban J connectivity index is 2.47. The van der Waals surface area contributed by atoms with E-state index in [4.69, 9.17) is 5.73 Å². The zero-order valence-electron chi connectivity index (χ0n) is 8.52. The van der Waals surface area contributed by atoms with Gasteiger partial charge in [0.15, 0.2) is 5.65 Å². The highest BCUT2D eigenvalue weighted by atomic mass is 79.9. The van der Waals surface area contributed by atoms with Crippen molar-refractivity contribution in [3.63, 3.8) is 0 Å². The molecule has 1 unspecified atom stereocenters. The first-order valence-corrected chi connectivity index (χ1v) is 5.72. The Morgan fingerprint density at radius 2 is 2.27 bits per heavy atom. The van der Waals surface area contributed by atoms with Gasteiger partial charge in [-0.1, -0.05) is 6.92 Å². The van der Waals surface area contributed by atoms with E-state index in [1.54, 1.807) is 0 Å². The Hall–Kier alpha value is -0.940. The minimum atomic E-state index is 0.333. The van der Waals surface area contributed by atoms with Crippen molar-refractivity contribution >= 4 is 21.6 Å². The van der Waals surface area contributed by atoms with Gasteiger partial charge in [-0.3, -0.25) is 4.40 Å². The van der Waals surface area contributed by atoms with E-state index in [1.165, 1.54) is 0 Å². The molecule has 80 valence electrons. The van der Waals surface area contributed by atoms with E-state index in [-0.39, 0.29) is 0 Å². The number of hydrogen-bond donors (Lipinski definition) is 1. The van der Waals surface area contributed by atoms with Crippen LogP contribution in [0.3, 0.4) is 0 Å². The standard InChI is InChI=1S/C10H13BrN4/c1-7(4-5-12)10-14-13-9-3-2-8(11)6-15(9)10/h2-3,6-7H,4-5,12H2,1H3. The highest BCUT2D eigenvalue weighted by molar-refractivity contribution is 9.10. The Bertz CT molecular complexity index is 465. The molecule has 0 saturated heterocycles. The van der Waals surface area contributed by atoms with Gasteiger partial charge in [-0.2, -0.15) is 0 Å². The first-order chi connectivity index (χ1) is 7.22. The second-order valence-corrected chi connectivity index (χ2v) is 4.53. The minimum Gasteiger partial charge on any atom is -0.330 e. The Kier molecular flexibility index (Phi) is 3.02. The van der Waals surface area contributed by atoms with Gasteiger partial charge < -0.3 is 5.73 Å². The molecule has 0 bridgehead atoms. The molecule has 5 heteroatoms. The van der Waals surface area contributed by atoms with Crippen LogP contribution in [0, 0.1) is 0 Å². The van der Waals surface area contributed by atoms with Gasteiger partial charge in [-0.25, -0.2) is 0 Å². The van der Waals surface area contributed by atoms with Gasteiger partial charge in [0.25, 0.3) is 0 Å². The predicted octanol–water partition coefficient (Wildman–Crippen LogP) is 1.94. The Labute approximate surface area is 96.6 Å². The Morgan fingerprint density at radius 3 is 3.00 bits per heavy atom. The molecule has 2 aromatic heterocycles. The fourth-order valence-electron chi connectivity index (χ4n) is 1.60. The summed E-state index contributed by atoms with van der Waals surface area (Å²) in [4.78, 5) is 0. The second kappa shape index (κ2) is 4.28. The molecule has 1 atom stereocenters. The molecule has 0 aliphatic carbocycles. The molecule has 0 aromatic carbocycles. The summed E-state index contributed by atoms with van der Waals surface area (Å²) in [7, 11) is 0. The predicted molar refractivity (Wildman–Crippen MR) is 62.8 cm³/mol. The SMILES string of the molecule is CC(CCN)c1nnc2ccc(Br)cn12. The van der Waals surface area contributed by atoms with Crippen LogP contribution in [0.5, 0.6) is 0 Å². The summed E-state index contributed by atoms with van der Waals surface area (Å²) in [6, 6.07) is 3.90. The van der Waals surface area contributed by atoms with Crippen LogP contribution in [0.1, 0.15) is 25.1 Å². The zero-order chi connectivity index (χ0) is 10.8. The van der Waals surface area contributed by atoms with Crippen LogP contribution in [0.2, 0.25) is 0 Å². The average Bonchev–Trinajstić information content (AvgIpc) is 2.60. The van der Waals surface area contributed by atoms with E-state index in [0.717, 1.165) is 22.4 Å².